The number of rotatable bonds is 4. The molecule has 0 aromatic heterocycles. The molecule has 2 N–H and O–H groups in total. The van der Waals surface area contributed by atoms with Gasteiger partial charge in [0.2, 0.25) is 5.91 Å². The van der Waals surface area contributed by atoms with E-state index in [2.05, 4.69) is 5.32 Å². The summed E-state index contributed by atoms with van der Waals surface area (Å²) in [5, 5.41) is 13.1. The highest BCUT2D eigenvalue weighted by molar-refractivity contribution is 6.21. The lowest BCUT2D eigenvalue weighted by Crippen LogP contribution is -2.54. The molecule has 2 aliphatic heterocycles. The number of nitrogens with one attached hydrogen (secondary N) is 1. The minimum atomic E-state index is -1.69. The molecule has 4 amide bonds. The lowest BCUT2D eigenvalue weighted by Gasteiger charge is -2.47. The Morgan fingerprint density at radius 3 is 2.58 bits per heavy atom. The Morgan fingerprint density at radius 2 is 1.87 bits per heavy atom. The minimum Gasteiger partial charge on any atom is -0.389 e. The lowest BCUT2D eigenvalue weighted by molar-refractivity contribution is -0.143. The number of imide groups is 1. The maximum atomic E-state index is 13.5. The molecule has 7 nitrogen and oxygen atoms in total. The van der Waals surface area contributed by atoms with Gasteiger partial charge in [0.05, 0.1) is 11.3 Å². The van der Waals surface area contributed by atoms with Crippen molar-refractivity contribution in [2.45, 2.75) is 56.6 Å². The van der Waals surface area contributed by atoms with Gasteiger partial charge in [-0.1, -0.05) is 12.8 Å². The molecule has 2 saturated heterocycles. The molecule has 31 heavy (non-hydrogen) atoms. The van der Waals surface area contributed by atoms with Crippen molar-refractivity contribution < 1.29 is 32.7 Å². The topological polar surface area (TPSA) is 90.0 Å². The third kappa shape index (κ3) is 4.00. The van der Waals surface area contributed by atoms with Gasteiger partial charge in [-0.3, -0.25) is 9.59 Å². The summed E-state index contributed by atoms with van der Waals surface area (Å²) in [6, 6.07) is -0.771. The Balaban J connectivity index is 1.37. The Labute approximate surface area is 177 Å². The average molecular weight is 439 g/mol. The average Bonchev–Trinajstić information content (AvgIpc) is 3.02. The van der Waals surface area contributed by atoms with E-state index in [0.717, 1.165) is 25.7 Å². The number of aliphatic hydroxyl groups is 1. The van der Waals surface area contributed by atoms with E-state index in [1.165, 1.54) is 0 Å². The van der Waals surface area contributed by atoms with Crippen LogP contribution in [0.5, 0.6) is 0 Å². The van der Waals surface area contributed by atoms with Crippen molar-refractivity contribution in [2.75, 3.05) is 18.0 Å². The number of hydrogen-bond donors (Lipinski definition) is 2. The van der Waals surface area contributed by atoms with Gasteiger partial charge in [0.25, 0.3) is 5.91 Å². The van der Waals surface area contributed by atoms with E-state index in [1.54, 1.807) is 4.90 Å². The van der Waals surface area contributed by atoms with E-state index in [1.807, 2.05) is 0 Å². The maximum absolute atomic E-state index is 13.5. The van der Waals surface area contributed by atoms with E-state index in [-0.39, 0.29) is 24.7 Å². The van der Waals surface area contributed by atoms with Gasteiger partial charge in [0.15, 0.2) is 17.5 Å². The number of nitrogens with zero attached hydrogens (tertiary/aromatic N) is 2. The van der Waals surface area contributed by atoms with Crippen molar-refractivity contribution in [3.63, 3.8) is 0 Å². The van der Waals surface area contributed by atoms with Crippen LogP contribution in [-0.4, -0.2) is 52.6 Å². The summed E-state index contributed by atoms with van der Waals surface area (Å²) in [4.78, 5) is 39.7. The number of hydrogen-bond acceptors (Lipinski definition) is 4. The highest BCUT2D eigenvalue weighted by Crippen LogP contribution is 2.40. The van der Waals surface area contributed by atoms with E-state index in [9.17, 15) is 32.7 Å². The largest absolute Gasteiger partial charge is 0.389 e. The van der Waals surface area contributed by atoms with Gasteiger partial charge in [-0.05, 0) is 25.7 Å². The van der Waals surface area contributed by atoms with Crippen molar-refractivity contribution in [2.24, 2.45) is 5.92 Å². The minimum absolute atomic E-state index is 0.00180. The summed E-state index contributed by atoms with van der Waals surface area (Å²) < 4.78 is 40.2. The first kappa shape index (κ1) is 21.6. The maximum Gasteiger partial charge on any atom is 0.329 e. The van der Waals surface area contributed by atoms with E-state index in [4.69, 9.17) is 0 Å². The summed E-state index contributed by atoms with van der Waals surface area (Å²) in [6.07, 6.45) is 4.19. The molecule has 168 valence electrons. The van der Waals surface area contributed by atoms with Crippen LogP contribution in [0.2, 0.25) is 0 Å². The standard InChI is InChI=1S/C21H24F3N3O4/c22-14-9-13(10-15(23)18(14)24)27-19(29)16(25-20(27)30)4-5-17(28)26-8-7-21(31)6-2-1-3-12(21)11-26/h9-10,12,16,31H,1-8,11H2,(H,25,30). The summed E-state index contributed by atoms with van der Waals surface area (Å²) in [6.45, 7) is 0.914. The lowest BCUT2D eigenvalue weighted by atomic mass is 9.71. The number of carbonyl (C=O) groups is 3. The molecule has 0 bridgehead atoms. The first-order chi connectivity index (χ1) is 14.7. The van der Waals surface area contributed by atoms with Crippen LogP contribution >= 0.6 is 0 Å². The highest BCUT2D eigenvalue weighted by Gasteiger charge is 2.44. The molecular weight excluding hydrogens is 415 g/mol. The zero-order valence-electron chi connectivity index (χ0n) is 16.9. The second kappa shape index (κ2) is 8.14. The molecule has 1 aromatic carbocycles. The van der Waals surface area contributed by atoms with Gasteiger partial charge in [-0.2, -0.15) is 0 Å². The van der Waals surface area contributed by atoms with Crippen molar-refractivity contribution in [1.82, 2.24) is 10.2 Å². The molecule has 0 radical (unpaired) electrons. The van der Waals surface area contributed by atoms with Crippen molar-refractivity contribution in [3.8, 4) is 0 Å². The third-order valence-electron chi connectivity index (χ3n) is 6.67. The number of urea groups is 1. The summed E-state index contributed by atoms with van der Waals surface area (Å²) >= 11 is 0. The number of halogens is 3. The van der Waals surface area contributed by atoms with Crippen LogP contribution in [0, 0.1) is 23.4 Å². The zero-order valence-corrected chi connectivity index (χ0v) is 16.9. The second-order valence-corrected chi connectivity index (χ2v) is 8.57. The van der Waals surface area contributed by atoms with Gasteiger partial charge < -0.3 is 15.3 Å². The molecule has 3 aliphatic rings. The monoisotopic (exact) mass is 439 g/mol. The predicted molar refractivity (Wildman–Crippen MR) is 103 cm³/mol. The number of amides is 4. The van der Waals surface area contributed by atoms with Gasteiger partial charge in [0, 0.05) is 37.6 Å². The van der Waals surface area contributed by atoms with Crippen LogP contribution in [0.15, 0.2) is 12.1 Å². The molecule has 4 rings (SSSR count). The quantitative estimate of drug-likeness (QED) is 0.557. The molecule has 3 atom stereocenters. The first-order valence-corrected chi connectivity index (χ1v) is 10.5. The van der Waals surface area contributed by atoms with Gasteiger partial charge in [-0.15, -0.1) is 0 Å². The van der Waals surface area contributed by atoms with E-state index < -0.39 is 46.7 Å². The Hall–Kier alpha value is -2.62. The SMILES string of the molecule is O=C(CCC1NC(=O)N(c2cc(F)c(F)c(F)c2)C1=O)N1CCC2(O)CCCCC2C1. The molecule has 0 spiro atoms. The number of likely N-dealkylation sites (tertiary alicyclic amines) is 1. The van der Waals surface area contributed by atoms with Crippen LogP contribution < -0.4 is 10.2 Å². The molecule has 3 fully saturated rings. The van der Waals surface area contributed by atoms with Crippen molar-refractivity contribution >= 4 is 23.5 Å². The Morgan fingerprint density at radius 1 is 1.16 bits per heavy atom. The first-order valence-electron chi connectivity index (χ1n) is 10.5. The normalized spacial score (nSPS) is 28.5. The van der Waals surface area contributed by atoms with E-state index in [0.29, 0.717) is 36.5 Å². The summed E-state index contributed by atoms with van der Waals surface area (Å²) in [5.41, 5.74) is -1.12. The van der Waals surface area contributed by atoms with Crippen molar-refractivity contribution in [1.29, 1.82) is 0 Å². The molecule has 10 heteroatoms. The molecule has 3 unspecified atom stereocenters. The third-order valence-corrected chi connectivity index (χ3v) is 6.67. The fourth-order valence-electron chi connectivity index (χ4n) is 4.87. The van der Waals surface area contributed by atoms with Gasteiger partial charge in [-0.25, -0.2) is 22.9 Å². The van der Waals surface area contributed by atoms with Crippen LogP contribution in [0.1, 0.15) is 44.9 Å². The number of fused-ring (bicyclic) bond motifs is 1. The smallest absolute Gasteiger partial charge is 0.329 e. The van der Waals surface area contributed by atoms with Gasteiger partial charge >= 0.3 is 6.03 Å². The van der Waals surface area contributed by atoms with Gasteiger partial charge in [0.1, 0.15) is 6.04 Å². The fourth-order valence-corrected chi connectivity index (χ4v) is 4.87. The number of carbonyl (C=O) groups excluding carboxylic acids is 3. The summed E-state index contributed by atoms with van der Waals surface area (Å²) in [5.74, 6) is -5.60. The number of piperidine rings is 1. The second-order valence-electron chi connectivity index (χ2n) is 8.57. The van der Waals surface area contributed by atoms with Crippen molar-refractivity contribution in [3.05, 3.63) is 29.6 Å². The number of anilines is 1. The molecule has 1 saturated carbocycles. The van der Waals surface area contributed by atoms with Crippen LogP contribution in [0.25, 0.3) is 0 Å². The molecule has 2 heterocycles. The zero-order chi connectivity index (χ0) is 22.3. The Bertz CT molecular complexity index is 904. The van der Waals surface area contributed by atoms with Crippen LogP contribution in [0.3, 0.4) is 0 Å². The number of benzene rings is 1. The summed E-state index contributed by atoms with van der Waals surface area (Å²) in [7, 11) is 0. The van der Waals surface area contributed by atoms with E-state index >= 15 is 0 Å². The highest BCUT2D eigenvalue weighted by atomic mass is 19.2. The van der Waals surface area contributed by atoms with Crippen LogP contribution in [0.4, 0.5) is 23.7 Å². The predicted octanol–water partition coefficient (Wildman–Crippen LogP) is 2.46. The fraction of sp³-hybridized carbons (Fsp3) is 0.571. The molecular formula is C21H24F3N3O4. The van der Waals surface area contributed by atoms with Crippen LogP contribution in [-0.2, 0) is 9.59 Å². The Kier molecular flexibility index (Phi) is 5.67. The molecule has 1 aromatic rings. The molecule has 1 aliphatic carbocycles.